The van der Waals surface area contributed by atoms with Gasteiger partial charge in [0.05, 0.1) is 27.0 Å². The van der Waals surface area contributed by atoms with Crippen LogP contribution < -0.4 is 25.7 Å². The molecule has 0 unspecified atom stereocenters. The summed E-state index contributed by atoms with van der Waals surface area (Å²) in [5.74, 6) is 2.05. The lowest BCUT2D eigenvalue weighted by Crippen LogP contribution is -1.97. The van der Waals surface area contributed by atoms with Crippen LogP contribution >= 0.6 is 15.9 Å². The van der Waals surface area contributed by atoms with Crippen LogP contribution in [-0.2, 0) is 0 Å². The van der Waals surface area contributed by atoms with E-state index >= 15 is 0 Å². The van der Waals surface area contributed by atoms with Crippen molar-refractivity contribution < 1.29 is 19.1 Å². The zero-order valence-corrected chi connectivity index (χ0v) is 20.8. The summed E-state index contributed by atoms with van der Waals surface area (Å²) in [6.07, 6.45) is 0. The monoisotopic (exact) mass is 522 g/mol. The highest BCUT2D eigenvalue weighted by Gasteiger charge is 2.15. The lowest BCUT2D eigenvalue weighted by atomic mass is 10.3. The van der Waals surface area contributed by atoms with Crippen molar-refractivity contribution in [3.8, 4) is 17.2 Å². The summed E-state index contributed by atoms with van der Waals surface area (Å²) in [5.41, 5.74) is 13.4. The van der Waals surface area contributed by atoms with Crippen molar-refractivity contribution in [3.05, 3.63) is 62.0 Å². The summed E-state index contributed by atoms with van der Waals surface area (Å²) < 4.78 is 15.5. The zero-order valence-electron chi connectivity index (χ0n) is 19.2. The van der Waals surface area contributed by atoms with Gasteiger partial charge in [0.2, 0.25) is 5.75 Å². The number of pyridine rings is 3. The fraction of sp³-hybridized carbons (Fsp3) is 0.286. The summed E-state index contributed by atoms with van der Waals surface area (Å²) in [5, 5.41) is 10.4. The number of ether oxygens (including phenoxy) is 3. The number of aryl methyl sites for hydroxylation is 3. The van der Waals surface area contributed by atoms with Crippen LogP contribution in [0.25, 0.3) is 0 Å². The number of hydrogen-bond acceptors (Lipinski definition) is 10. The van der Waals surface area contributed by atoms with E-state index in [1.807, 2.05) is 19.9 Å². The number of halogens is 1. The first-order chi connectivity index (χ1) is 15.5. The minimum absolute atomic E-state index is 0.186. The number of nitrogen functional groups attached to an aromatic ring is 2. The van der Waals surface area contributed by atoms with E-state index in [-0.39, 0.29) is 11.6 Å². The van der Waals surface area contributed by atoms with E-state index in [1.54, 1.807) is 39.3 Å². The first-order valence-corrected chi connectivity index (χ1v) is 10.2. The highest BCUT2D eigenvalue weighted by atomic mass is 79.9. The number of methoxy groups -OCH3 is 3. The van der Waals surface area contributed by atoms with E-state index in [1.165, 1.54) is 13.2 Å². The Labute approximate surface area is 200 Å². The number of nitrogens with two attached hydrogens (primary N) is 2. The minimum Gasteiger partial charge on any atom is -0.493 e. The van der Waals surface area contributed by atoms with Gasteiger partial charge in [-0.1, -0.05) is 0 Å². The molecular formula is C21H27BrN6O5. The fourth-order valence-electron chi connectivity index (χ4n) is 2.30. The first kappa shape index (κ1) is 27.4. The molecule has 33 heavy (non-hydrogen) atoms. The Bertz CT molecular complexity index is 1100. The summed E-state index contributed by atoms with van der Waals surface area (Å²) in [7, 11) is 4.51. The Hall–Kier alpha value is -3.67. The van der Waals surface area contributed by atoms with E-state index < -0.39 is 4.92 Å². The van der Waals surface area contributed by atoms with Gasteiger partial charge in [-0.25, -0.2) is 9.97 Å². The molecule has 3 heterocycles. The van der Waals surface area contributed by atoms with Crippen molar-refractivity contribution in [2.24, 2.45) is 0 Å². The van der Waals surface area contributed by atoms with Gasteiger partial charge in [-0.15, -0.1) is 0 Å². The number of rotatable bonds is 4. The summed E-state index contributed by atoms with van der Waals surface area (Å²) in [6.45, 7) is 5.45. The molecule has 0 aliphatic rings. The Morgan fingerprint density at radius 2 is 1.30 bits per heavy atom. The molecule has 0 saturated heterocycles. The van der Waals surface area contributed by atoms with Crippen LogP contribution in [0.1, 0.15) is 17.1 Å². The van der Waals surface area contributed by atoms with Crippen LogP contribution in [0, 0.1) is 30.9 Å². The van der Waals surface area contributed by atoms with Crippen LogP contribution in [-0.4, -0.2) is 41.2 Å². The number of aromatic nitrogens is 3. The molecule has 0 aliphatic heterocycles. The van der Waals surface area contributed by atoms with Gasteiger partial charge in [-0.2, -0.15) is 0 Å². The number of anilines is 2. The molecule has 3 aromatic rings. The predicted molar refractivity (Wildman–Crippen MR) is 130 cm³/mol. The predicted octanol–water partition coefficient (Wildman–Crippen LogP) is 4.03. The molecule has 0 atom stereocenters. The molecule has 178 valence electrons. The van der Waals surface area contributed by atoms with Crippen molar-refractivity contribution in [1.29, 1.82) is 0 Å². The van der Waals surface area contributed by atoms with Crippen molar-refractivity contribution in [2.45, 2.75) is 20.8 Å². The third-order valence-electron chi connectivity index (χ3n) is 3.98. The molecule has 0 bridgehead atoms. The lowest BCUT2D eigenvalue weighted by molar-refractivity contribution is -0.390. The Morgan fingerprint density at radius 3 is 1.79 bits per heavy atom. The van der Waals surface area contributed by atoms with E-state index in [0.29, 0.717) is 28.8 Å². The second-order valence-electron chi connectivity index (χ2n) is 6.42. The minimum atomic E-state index is -0.564. The summed E-state index contributed by atoms with van der Waals surface area (Å²) in [4.78, 5) is 21.6. The smallest absolute Gasteiger partial charge is 0.406 e. The summed E-state index contributed by atoms with van der Waals surface area (Å²) >= 11 is 3.32. The largest absolute Gasteiger partial charge is 0.493 e. The zero-order chi connectivity index (χ0) is 25.1. The van der Waals surface area contributed by atoms with Gasteiger partial charge in [0.1, 0.15) is 5.69 Å². The van der Waals surface area contributed by atoms with Gasteiger partial charge < -0.3 is 35.8 Å². The van der Waals surface area contributed by atoms with Crippen molar-refractivity contribution in [2.75, 3.05) is 32.8 Å². The second kappa shape index (κ2) is 13.0. The molecule has 0 fully saturated rings. The van der Waals surface area contributed by atoms with E-state index in [2.05, 4.69) is 30.9 Å². The highest BCUT2D eigenvalue weighted by molar-refractivity contribution is 9.10. The Kier molecular flexibility index (Phi) is 10.8. The molecule has 3 rings (SSSR count). The summed E-state index contributed by atoms with van der Waals surface area (Å²) in [6, 6.07) is 8.65. The molecule has 0 aliphatic carbocycles. The molecule has 4 N–H and O–H groups in total. The van der Waals surface area contributed by atoms with Gasteiger partial charge in [-0.05, 0) is 70.0 Å². The Balaban J connectivity index is 0.000000249. The molecule has 0 aromatic carbocycles. The third-order valence-corrected chi connectivity index (χ3v) is 4.78. The molecule has 0 amide bonds. The fourth-order valence-corrected chi connectivity index (χ4v) is 2.60. The third kappa shape index (κ3) is 8.41. The van der Waals surface area contributed by atoms with Gasteiger partial charge in [0.15, 0.2) is 23.1 Å². The topological polar surface area (TPSA) is 162 Å². The van der Waals surface area contributed by atoms with Crippen molar-refractivity contribution in [1.82, 2.24) is 15.0 Å². The average molecular weight is 523 g/mol. The Morgan fingerprint density at radius 1 is 0.818 bits per heavy atom. The van der Waals surface area contributed by atoms with Gasteiger partial charge in [0, 0.05) is 17.1 Å². The molecule has 12 heteroatoms. The number of nitrogens with zero attached hydrogens (tertiary/aromatic N) is 4. The maximum absolute atomic E-state index is 10.4. The average Bonchev–Trinajstić information content (AvgIpc) is 2.77. The lowest BCUT2D eigenvalue weighted by Gasteiger charge is -2.05. The van der Waals surface area contributed by atoms with Gasteiger partial charge in [-0.3, -0.25) is 0 Å². The number of hydrogen-bond donors (Lipinski definition) is 2. The maximum atomic E-state index is 10.4. The van der Waals surface area contributed by atoms with Crippen LogP contribution in [0.3, 0.4) is 0 Å². The molecule has 11 nitrogen and oxygen atoms in total. The van der Waals surface area contributed by atoms with Gasteiger partial charge in [0.25, 0.3) is 0 Å². The van der Waals surface area contributed by atoms with Crippen LogP contribution in [0.2, 0.25) is 0 Å². The maximum Gasteiger partial charge on any atom is 0.406 e. The standard InChI is InChI=1S/C7H9BrN2O.C7H8N2O3.C7H10N2O/c1-4-5(8)3-6(11-2)7(9)10-4;1-5-3-4-6(12-2)7(8-5)9(10)11;1-5-3-4-6(10-2)7(8)9-5/h3H,1-2H3,(H2,9,10);3-4H,1-2H3;3-4H,1-2H3,(H2,8,9). The van der Waals surface area contributed by atoms with Crippen LogP contribution in [0.15, 0.2) is 34.8 Å². The molecule has 0 radical (unpaired) electrons. The van der Waals surface area contributed by atoms with Crippen molar-refractivity contribution in [3.63, 3.8) is 0 Å². The SMILES string of the molecule is COc1cc(Br)c(C)nc1N.COc1ccc(C)nc1N.COc1ccc(C)nc1[N+](=O)[O-]. The van der Waals surface area contributed by atoms with E-state index in [0.717, 1.165) is 15.9 Å². The van der Waals surface area contributed by atoms with Crippen molar-refractivity contribution >= 4 is 33.4 Å². The molecular weight excluding hydrogens is 496 g/mol. The van der Waals surface area contributed by atoms with Crippen LogP contribution in [0.4, 0.5) is 17.5 Å². The van der Waals surface area contributed by atoms with E-state index in [9.17, 15) is 10.1 Å². The normalized spacial score (nSPS) is 9.55. The molecule has 3 aromatic heterocycles. The molecule has 0 spiro atoms. The van der Waals surface area contributed by atoms with E-state index in [4.69, 9.17) is 25.7 Å². The van der Waals surface area contributed by atoms with Crippen LogP contribution in [0.5, 0.6) is 17.2 Å². The highest BCUT2D eigenvalue weighted by Crippen LogP contribution is 2.25. The molecule has 0 saturated carbocycles. The first-order valence-electron chi connectivity index (χ1n) is 9.43. The van der Waals surface area contributed by atoms with Gasteiger partial charge >= 0.3 is 5.82 Å². The quantitative estimate of drug-likeness (QED) is 0.377. The number of nitro groups is 1. The second-order valence-corrected chi connectivity index (χ2v) is 7.27.